The third-order valence-electron chi connectivity index (χ3n) is 5.00. The maximum atomic E-state index is 13.0. The van der Waals surface area contributed by atoms with Gasteiger partial charge < -0.3 is 5.32 Å². The quantitative estimate of drug-likeness (QED) is 0.559. The van der Waals surface area contributed by atoms with E-state index in [2.05, 4.69) is 5.32 Å². The van der Waals surface area contributed by atoms with E-state index < -0.39 is 0 Å². The Morgan fingerprint density at radius 2 is 1.48 bits per heavy atom. The summed E-state index contributed by atoms with van der Waals surface area (Å²) in [5.41, 5.74) is 5.50. The van der Waals surface area contributed by atoms with E-state index in [0.717, 1.165) is 28.2 Å². The van der Waals surface area contributed by atoms with Crippen molar-refractivity contribution in [1.29, 1.82) is 0 Å². The fourth-order valence-electron chi connectivity index (χ4n) is 3.36. The number of pyridine rings is 2. The first-order valence-electron chi connectivity index (χ1n) is 8.97. The molecule has 0 bridgehead atoms. The first kappa shape index (κ1) is 17.0. The summed E-state index contributed by atoms with van der Waals surface area (Å²) in [7, 11) is 0. The van der Waals surface area contributed by atoms with Crippen molar-refractivity contribution in [3.63, 3.8) is 0 Å². The minimum Gasteiger partial charge on any atom is -0.341 e. The molecule has 0 amide bonds. The Kier molecular flexibility index (Phi) is 4.24. The summed E-state index contributed by atoms with van der Waals surface area (Å²) >= 11 is 0. The van der Waals surface area contributed by atoms with Crippen LogP contribution in [0.4, 0.5) is 11.5 Å². The molecule has 2 aromatic heterocycles. The smallest absolute Gasteiger partial charge is 0.193 e. The highest BCUT2D eigenvalue weighted by molar-refractivity contribution is 5.85. The number of rotatable bonds is 3. The number of nitrogens with one attached hydrogen (secondary N) is 1. The molecule has 0 radical (unpaired) electrons. The zero-order chi connectivity index (χ0) is 19.0. The van der Waals surface area contributed by atoms with Gasteiger partial charge in [-0.05, 0) is 56.2 Å². The van der Waals surface area contributed by atoms with Crippen LogP contribution in [0.15, 0.2) is 71.5 Å². The van der Waals surface area contributed by atoms with Crippen LogP contribution in [0, 0.1) is 20.8 Å². The van der Waals surface area contributed by atoms with E-state index in [1.807, 2.05) is 86.0 Å². The third-order valence-corrected chi connectivity index (χ3v) is 5.00. The molecule has 2 heterocycles. The highest BCUT2D eigenvalue weighted by atomic mass is 16.1. The predicted molar refractivity (Wildman–Crippen MR) is 111 cm³/mol. The van der Waals surface area contributed by atoms with Crippen LogP contribution in [0.2, 0.25) is 0 Å². The van der Waals surface area contributed by atoms with Gasteiger partial charge >= 0.3 is 0 Å². The number of para-hydroxylation sites is 2. The van der Waals surface area contributed by atoms with E-state index in [9.17, 15) is 4.79 Å². The van der Waals surface area contributed by atoms with Crippen LogP contribution >= 0.6 is 0 Å². The molecule has 4 rings (SSSR count). The van der Waals surface area contributed by atoms with E-state index in [1.54, 1.807) is 6.07 Å². The van der Waals surface area contributed by atoms with E-state index in [4.69, 9.17) is 4.98 Å². The minimum atomic E-state index is -0.0243. The Balaban J connectivity index is 2.09. The number of anilines is 2. The molecule has 0 saturated heterocycles. The van der Waals surface area contributed by atoms with Crippen LogP contribution in [-0.2, 0) is 0 Å². The summed E-state index contributed by atoms with van der Waals surface area (Å²) in [5, 5.41) is 4.05. The normalized spacial score (nSPS) is 10.9. The van der Waals surface area contributed by atoms with Gasteiger partial charge in [-0.1, -0.05) is 36.4 Å². The molecule has 0 saturated carbocycles. The molecule has 27 heavy (non-hydrogen) atoms. The molecule has 0 atom stereocenters. The number of hydrogen-bond acceptors (Lipinski definition) is 3. The molecule has 4 nitrogen and oxygen atoms in total. The number of nitrogens with zero attached hydrogens (tertiary/aromatic N) is 2. The van der Waals surface area contributed by atoms with E-state index >= 15 is 0 Å². The Morgan fingerprint density at radius 1 is 0.852 bits per heavy atom. The number of aryl methyl sites for hydroxylation is 2. The molecule has 0 spiro atoms. The van der Waals surface area contributed by atoms with Gasteiger partial charge in [0.15, 0.2) is 11.1 Å². The fourth-order valence-corrected chi connectivity index (χ4v) is 3.36. The van der Waals surface area contributed by atoms with Gasteiger partial charge in [-0.3, -0.25) is 9.36 Å². The van der Waals surface area contributed by atoms with Gasteiger partial charge in [-0.25, -0.2) is 4.98 Å². The summed E-state index contributed by atoms with van der Waals surface area (Å²) in [6, 6.07) is 21.5. The zero-order valence-electron chi connectivity index (χ0n) is 15.7. The van der Waals surface area contributed by atoms with Crippen LogP contribution in [0.1, 0.15) is 16.8 Å². The lowest BCUT2D eigenvalue weighted by Crippen LogP contribution is -2.15. The largest absolute Gasteiger partial charge is 0.341 e. The topological polar surface area (TPSA) is 46.9 Å². The van der Waals surface area contributed by atoms with Crippen LogP contribution in [0.3, 0.4) is 0 Å². The average molecular weight is 355 g/mol. The van der Waals surface area contributed by atoms with E-state index in [1.165, 1.54) is 0 Å². The number of hydrogen-bond donors (Lipinski definition) is 1. The standard InChI is InChI=1S/C23H21N3O/c1-15-16(2)22-20(27)14-21(25-18-10-6-4-7-11-18)26(23(22)24-17(15)3)19-12-8-5-9-13-19/h4-14,25H,1-3H3. The highest BCUT2D eigenvalue weighted by Gasteiger charge is 2.16. The first-order valence-corrected chi connectivity index (χ1v) is 8.97. The van der Waals surface area contributed by atoms with E-state index in [-0.39, 0.29) is 5.43 Å². The average Bonchev–Trinajstić information content (AvgIpc) is 2.67. The Labute approximate surface area is 158 Å². The van der Waals surface area contributed by atoms with Crippen LogP contribution in [0.5, 0.6) is 0 Å². The van der Waals surface area contributed by atoms with Crippen molar-refractivity contribution in [2.45, 2.75) is 20.8 Å². The second-order valence-electron chi connectivity index (χ2n) is 6.70. The zero-order valence-corrected chi connectivity index (χ0v) is 15.7. The predicted octanol–water partition coefficient (Wildman–Crippen LogP) is 5.05. The fraction of sp³-hybridized carbons (Fsp3) is 0.130. The Hall–Kier alpha value is -3.40. The van der Waals surface area contributed by atoms with Gasteiger partial charge in [0.1, 0.15) is 5.82 Å². The molecule has 4 aromatic rings. The summed E-state index contributed by atoms with van der Waals surface area (Å²) in [4.78, 5) is 17.8. The Morgan fingerprint density at radius 3 is 2.15 bits per heavy atom. The first-order chi connectivity index (χ1) is 13.1. The van der Waals surface area contributed by atoms with Gasteiger partial charge in [-0.2, -0.15) is 0 Å². The molecular weight excluding hydrogens is 334 g/mol. The molecule has 0 aliphatic heterocycles. The summed E-state index contributed by atoms with van der Waals surface area (Å²) < 4.78 is 2.02. The lowest BCUT2D eigenvalue weighted by molar-refractivity contribution is 1.04. The maximum absolute atomic E-state index is 13.0. The summed E-state index contributed by atoms with van der Waals surface area (Å²) in [6.45, 7) is 5.99. The van der Waals surface area contributed by atoms with Crippen molar-refractivity contribution in [3.8, 4) is 5.69 Å². The van der Waals surface area contributed by atoms with Crippen molar-refractivity contribution < 1.29 is 0 Å². The SMILES string of the molecule is Cc1nc2c(c(C)c1C)c(=O)cc(Nc1ccccc1)n2-c1ccccc1. The van der Waals surface area contributed by atoms with Crippen molar-refractivity contribution in [1.82, 2.24) is 9.55 Å². The summed E-state index contributed by atoms with van der Waals surface area (Å²) in [6.07, 6.45) is 0. The van der Waals surface area contributed by atoms with Crippen molar-refractivity contribution in [2.24, 2.45) is 0 Å². The van der Waals surface area contributed by atoms with Crippen molar-refractivity contribution >= 4 is 22.5 Å². The number of fused-ring (bicyclic) bond motifs is 1. The molecule has 4 heteroatoms. The molecule has 0 aliphatic rings. The molecule has 0 fully saturated rings. The van der Waals surface area contributed by atoms with E-state index in [0.29, 0.717) is 16.9 Å². The maximum Gasteiger partial charge on any atom is 0.193 e. The number of aromatic nitrogens is 2. The van der Waals surface area contributed by atoms with Crippen molar-refractivity contribution in [2.75, 3.05) is 5.32 Å². The van der Waals surface area contributed by atoms with Gasteiger partial charge in [-0.15, -0.1) is 0 Å². The van der Waals surface area contributed by atoms with Crippen LogP contribution < -0.4 is 10.7 Å². The van der Waals surface area contributed by atoms with Gasteiger partial charge in [0, 0.05) is 23.1 Å². The highest BCUT2D eigenvalue weighted by Crippen LogP contribution is 2.27. The molecule has 0 aliphatic carbocycles. The summed E-state index contributed by atoms with van der Waals surface area (Å²) in [5.74, 6) is 0.694. The molecule has 1 N–H and O–H groups in total. The van der Waals surface area contributed by atoms with Gasteiger partial charge in [0.05, 0.1) is 5.39 Å². The van der Waals surface area contributed by atoms with Gasteiger partial charge in [0.25, 0.3) is 0 Å². The second kappa shape index (κ2) is 6.72. The van der Waals surface area contributed by atoms with Crippen molar-refractivity contribution in [3.05, 3.63) is 93.8 Å². The lowest BCUT2D eigenvalue weighted by atomic mass is 10.0. The monoisotopic (exact) mass is 355 g/mol. The molecule has 2 aromatic carbocycles. The number of benzene rings is 2. The van der Waals surface area contributed by atoms with Gasteiger partial charge in [0.2, 0.25) is 0 Å². The lowest BCUT2D eigenvalue weighted by Gasteiger charge is -2.19. The van der Waals surface area contributed by atoms with Crippen LogP contribution in [-0.4, -0.2) is 9.55 Å². The Bertz CT molecular complexity index is 1180. The second-order valence-corrected chi connectivity index (χ2v) is 6.70. The van der Waals surface area contributed by atoms with Crippen LogP contribution in [0.25, 0.3) is 16.7 Å². The minimum absolute atomic E-state index is 0.0243. The third kappa shape index (κ3) is 2.99. The molecule has 134 valence electrons. The molecular formula is C23H21N3O. The molecule has 0 unspecified atom stereocenters.